The summed E-state index contributed by atoms with van der Waals surface area (Å²) in [4.78, 5) is 16.7. The summed E-state index contributed by atoms with van der Waals surface area (Å²) in [6.45, 7) is 8.33. The first-order chi connectivity index (χ1) is 8.95. The van der Waals surface area contributed by atoms with Crippen LogP contribution in [-0.2, 0) is 14.9 Å². The van der Waals surface area contributed by atoms with Gasteiger partial charge in [0, 0.05) is 11.3 Å². The maximum absolute atomic E-state index is 12.0. The molecule has 0 spiro atoms. The van der Waals surface area contributed by atoms with Gasteiger partial charge in [-0.3, -0.25) is 4.79 Å². The lowest BCUT2D eigenvalue weighted by atomic mass is 9.90. The summed E-state index contributed by atoms with van der Waals surface area (Å²) in [5.41, 5.74) is 0.208. The number of rotatable bonds is 4. The molecule has 19 heavy (non-hydrogen) atoms. The molecule has 2 atom stereocenters. The molecule has 1 aliphatic carbocycles. The van der Waals surface area contributed by atoms with E-state index < -0.39 is 5.41 Å². The maximum atomic E-state index is 12.0. The lowest BCUT2D eigenvalue weighted by Gasteiger charge is -2.19. The number of nitrogens with zero attached hydrogens (tertiary/aromatic N) is 1. The van der Waals surface area contributed by atoms with E-state index in [-0.39, 0.29) is 5.97 Å². The van der Waals surface area contributed by atoms with Crippen LogP contribution in [0, 0.1) is 5.92 Å². The lowest BCUT2D eigenvalue weighted by molar-refractivity contribution is -0.148. The molecule has 3 nitrogen and oxygen atoms in total. The molecule has 0 N–H and O–H groups in total. The molecule has 0 radical (unpaired) electrons. The van der Waals surface area contributed by atoms with Gasteiger partial charge in [0.05, 0.1) is 17.3 Å². The van der Waals surface area contributed by atoms with Gasteiger partial charge in [-0.15, -0.1) is 11.3 Å². The van der Waals surface area contributed by atoms with E-state index in [0.717, 1.165) is 11.6 Å². The number of carbonyl (C=O) groups is 1. The Morgan fingerprint density at radius 2 is 2.26 bits per heavy atom. The molecular formula is C15H23NO2S. The van der Waals surface area contributed by atoms with Crippen LogP contribution in [0.1, 0.15) is 63.6 Å². The highest BCUT2D eigenvalue weighted by Gasteiger charge is 2.35. The van der Waals surface area contributed by atoms with Crippen LogP contribution in [0.4, 0.5) is 0 Å². The van der Waals surface area contributed by atoms with Crippen molar-refractivity contribution in [1.29, 1.82) is 0 Å². The predicted octanol–water partition coefficient (Wildman–Crippen LogP) is 3.89. The SMILES string of the molecule is CCOC(=O)C(C)(C)c1csc(C2CCC(C)C2)n1. The molecule has 1 fully saturated rings. The Balaban J connectivity index is 2.14. The fraction of sp³-hybridized carbons (Fsp3) is 0.733. The fourth-order valence-electron chi connectivity index (χ4n) is 2.61. The molecule has 1 aliphatic rings. The molecule has 0 bridgehead atoms. The van der Waals surface area contributed by atoms with Crippen molar-refractivity contribution < 1.29 is 9.53 Å². The molecule has 0 aliphatic heterocycles. The molecule has 106 valence electrons. The Hall–Kier alpha value is -0.900. The molecule has 4 heteroatoms. The van der Waals surface area contributed by atoms with Gasteiger partial charge in [0.25, 0.3) is 0 Å². The molecule has 0 aromatic carbocycles. The molecule has 2 unspecified atom stereocenters. The summed E-state index contributed by atoms with van der Waals surface area (Å²) < 4.78 is 5.14. The van der Waals surface area contributed by atoms with Crippen molar-refractivity contribution in [3.05, 3.63) is 16.1 Å². The molecule has 1 heterocycles. The van der Waals surface area contributed by atoms with E-state index in [1.54, 1.807) is 11.3 Å². The molecule has 2 rings (SSSR count). The van der Waals surface area contributed by atoms with E-state index in [0.29, 0.717) is 12.5 Å². The van der Waals surface area contributed by atoms with Gasteiger partial charge in [-0.1, -0.05) is 13.3 Å². The van der Waals surface area contributed by atoms with Gasteiger partial charge >= 0.3 is 5.97 Å². The maximum Gasteiger partial charge on any atom is 0.317 e. The Kier molecular flexibility index (Phi) is 4.29. The van der Waals surface area contributed by atoms with E-state index >= 15 is 0 Å². The van der Waals surface area contributed by atoms with Gasteiger partial charge in [-0.25, -0.2) is 4.98 Å². The zero-order valence-electron chi connectivity index (χ0n) is 12.2. The van der Waals surface area contributed by atoms with Crippen LogP contribution >= 0.6 is 11.3 Å². The van der Waals surface area contributed by atoms with E-state index in [2.05, 4.69) is 6.92 Å². The van der Waals surface area contributed by atoms with Crippen molar-refractivity contribution in [3.8, 4) is 0 Å². The monoisotopic (exact) mass is 281 g/mol. The number of hydrogen-bond acceptors (Lipinski definition) is 4. The summed E-state index contributed by atoms with van der Waals surface area (Å²) in [6, 6.07) is 0. The second kappa shape index (κ2) is 5.61. The highest BCUT2D eigenvalue weighted by atomic mass is 32.1. The third kappa shape index (κ3) is 2.99. The number of carbonyl (C=O) groups excluding carboxylic acids is 1. The van der Waals surface area contributed by atoms with Crippen LogP contribution in [-0.4, -0.2) is 17.6 Å². The highest BCUT2D eigenvalue weighted by molar-refractivity contribution is 7.09. The number of hydrogen-bond donors (Lipinski definition) is 0. The van der Waals surface area contributed by atoms with E-state index in [4.69, 9.17) is 9.72 Å². The molecule has 0 saturated heterocycles. The first-order valence-electron chi connectivity index (χ1n) is 7.08. The Morgan fingerprint density at radius 1 is 1.53 bits per heavy atom. The first-order valence-corrected chi connectivity index (χ1v) is 7.96. The quantitative estimate of drug-likeness (QED) is 0.786. The normalized spacial score (nSPS) is 23.6. The summed E-state index contributed by atoms with van der Waals surface area (Å²) in [5, 5.41) is 3.21. The molecule has 1 aromatic rings. The summed E-state index contributed by atoms with van der Waals surface area (Å²) in [7, 11) is 0. The average molecular weight is 281 g/mol. The van der Waals surface area contributed by atoms with Gasteiger partial charge < -0.3 is 4.74 Å². The Bertz CT molecular complexity index is 453. The predicted molar refractivity (Wildman–Crippen MR) is 77.5 cm³/mol. The van der Waals surface area contributed by atoms with Crippen LogP contribution in [0.2, 0.25) is 0 Å². The number of ether oxygens (including phenoxy) is 1. The molecule has 0 amide bonds. The number of esters is 1. The van der Waals surface area contributed by atoms with E-state index in [1.165, 1.54) is 24.3 Å². The van der Waals surface area contributed by atoms with Gasteiger partial charge in [-0.05, 0) is 39.5 Å². The molecule has 1 saturated carbocycles. The minimum Gasteiger partial charge on any atom is -0.465 e. The first kappa shape index (κ1) is 14.5. The van der Waals surface area contributed by atoms with E-state index in [9.17, 15) is 4.79 Å². The van der Waals surface area contributed by atoms with Crippen LogP contribution in [0.3, 0.4) is 0 Å². The zero-order valence-corrected chi connectivity index (χ0v) is 13.0. The highest BCUT2D eigenvalue weighted by Crippen LogP contribution is 2.40. The van der Waals surface area contributed by atoms with Crippen LogP contribution in [0.5, 0.6) is 0 Å². The van der Waals surface area contributed by atoms with Gasteiger partial charge in [0.2, 0.25) is 0 Å². The second-order valence-electron chi connectivity index (χ2n) is 6.03. The second-order valence-corrected chi connectivity index (χ2v) is 6.92. The van der Waals surface area contributed by atoms with Gasteiger partial charge in [-0.2, -0.15) is 0 Å². The van der Waals surface area contributed by atoms with Crippen molar-refractivity contribution in [1.82, 2.24) is 4.98 Å². The lowest BCUT2D eigenvalue weighted by Crippen LogP contribution is -2.31. The third-order valence-corrected chi connectivity index (χ3v) is 5.00. The number of aromatic nitrogens is 1. The third-order valence-electron chi connectivity index (χ3n) is 3.99. The Morgan fingerprint density at radius 3 is 2.84 bits per heavy atom. The molecule has 1 aromatic heterocycles. The number of thiazole rings is 1. The summed E-state index contributed by atoms with van der Waals surface area (Å²) in [5.74, 6) is 1.20. The smallest absolute Gasteiger partial charge is 0.317 e. The summed E-state index contributed by atoms with van der Waals surface area (Å²) >= 11 is 1.69. The standard InChI is InChI=1S/C15H23NO2S/c1-5-18-14(17)15(3,4)12-9-19-13(16-12)11-7-6-10(2)8-11/h9-11H,5-8H2,1-4H3. The van der Waals surface area contributed by atoms with Gasteiger partial charge in [0.15, 0.2) is 0 Å². The minimum atomic E-state index is -0.644. The average Bonchev–Trinajstić information content (AvgIpc) is 2.97. The van der Waals surface area contributed by atoms with Crippen LogP contribution in [0.15, 0.2) is 5.38 Å². The van der Waals surface area contributed by atoms with Gasteiger partial charge in [0.1, 0.15) is 5.41 Å². The zero-order chi connectivity index (χ0) is 14.0. The van der Waals surface area contributed by atoms with Crippen molar-refractivity contribution in [2.24, 2.45) is 5.92 Å². The topological polar surface area (TPSA) is 39.2 Å². The Labute approximate surface area is 119 Å². The molecular weight excluding hydrogens is 258 g/mol. The van der Waals surface area contributed by atoms with Crippen LogP contribution < -0.4 is 0 Å². The largest absolute Gasteiger partial charge is 0.465 e. The van der Waals surface area contributed by atoms with E-state index in [1.807, 2.05) is 26.2 Å². The van der Waals surface area contributed by atoms with Crippen molar-refractivity contribution in [2.45, 2.75) is 58.3 Å². The fourth-order valence-corrected chi connectivity index (χ4v) is 3.75. The van der Waals surface area contributed by atoms with Crippen molar-refractivity contribution >= 4 is 17.3 Å². The summed E-state index contributed by atoms with van der Waals surface area (Å²) in [6.07, 6.45) is 3.75. The van der Waals surface area contributed by atoms with Crippen molar-refractivity contribution in [2.75, 3.05) is 6.61 Å². The van der Waals surface area contributed by atoms with Crippen LogP contribution in [0.25, 0.3) is 0 Å². The minimum absolute atomic E-state index is 0.188. The van der Waals surface area contributed by atoms with Crippen molar-refractivity contribution in [3.63, 3.8) is 0 Å².